The number of hydrogen-bond donors (Lipinski definition) is 2. The summed E-state index contributed by atoms with van der Waals surface area (Å²) in [7, 11) is 1.64. The summed E-state index contributed by atoms with van der Waals surface area (Å²) in [5, 5.41) is 2.81. The highest BCUT2D eigenvalue weighted by Gasteiger charge is 2.12. The number of amides is 1. The second-order valence-electron chi connectivity index (χ2n) is 4.60. The Morgan fingerprint density at radius 2 is 2.10 bits per heavy atom. The fourth-order valence-corrected chi connectivity index (χ4v) is 1.76. The van der Waals surface area contributed by atoms with E-state index in [1.165, 1.54) is 0 Å². The van der Waals surface area contributed by atoms with Gasteiger partial charge in [-0.05, 0) is 31.4 Å². The smallest absolute Gasteiger partial charge is 0.248 e. The minimum absolute atomic E-state index is 0.0952. The van der Waals surface area contributed by atoms with Crippen LogP contribution in [-0.2, 0) is 20.7 Å². The molecule has 1 aromatic rings. The van der Waals surface area contributed by atoms with Crippen molar-refractivity contribution in [3.63, 3.8) is 0 Å². The van der Waals surface area contributed by atoms with Crippen molar-refractivity contribution in [2.75, 3.05) is 32.6 Å². The minimum atomic E-state index is -0.456. The van der Waals surface area contributed by atoms with Gasteiger partial charge in [-0.15, -0.1) is 0 Å². The molecular weight excluding hydrogens is 256 g/mol. The van der Waals surface area contributed by atoms with Gasteiger partial charge in [0.05, 0.1) is 6.61 Å². The van der Waals surface area contributed by atoms with Gasteiger partial charge in [0.25, 0.3) is 0 Å². The van der Waals surface area contributed by atoms with Crippen LogP contribution >= 0.6 is 0 Å². The molecule has 0 radical (unpaired) electrons. The topological polar surface area (TPSA) is 73.6 Å². The molecule has 0 aliphatic heterocycles. The summed E-state index contributed by atoms with van der Waals surface area (Å²) in [5.74, 6) is -0.0952. The lowest BCUT2D eigenvalue weighted by molar-refractivity contribution is -0.131. The SMILES string of the molecule is COCCCNC(=O)C(C)OCCc1ccccc1N. The van der Waals surface area contributed by atoms with Crippen LogP contribution in [0, 0.1) is 0 Å². The Kier molecular flexibility index (Phi) is 7.69. The van der Waals surface area contributed by atoms with Crippen LogP contribution in [0.4, 0.5) is 5.69 Å². The number of benzene rings is 1. The van der Waals surface area contributed by atoms with E-state index >= 15 is 0 Å². The zero-order valence-corrected chi connectivity index (χ0v) is 12.2. The lowest BCUT2D eigenvalue weighted by atomic mass is 10.1. The van der Waals surface area contributed by atoms with Gasteiger partial charge in [-0.2, -0.15) is 0 Å². The van der Waals surface area contributed by atoms with E-state index in [0.717, 1.165) is 17.7 Å². The van der Waals surface area contributed by atoms with E-state index in [9.17, 15) is 4.79 Å². The number of nitrogens with two attached hydrogens (primary N) is 1. The fraction of sp³-hybridized carbons (Fsp3) is 0.533. The summed E-state index contributed by atoms with van der Waals surface area (Å²) in [6, 6.07) is 7.67. The second-order valence-corrected chi connectivity index (χ2v) is 4.60. The van der Waals surface area contributed by atoms with Gasteiger partial charge in [0, 0.05) is 25.9 Å². The van der Waals surface area contributed by atoms with Crippen LogP contribution in [-0.4, -0.2) is 38.9 Å². The van der Waals surface area contributed by atoms with Crippen molar-refractivity contribution in [2.24, 2.45) is 0 Å². The molecule has 5 heteroatoms. The summed E-state index contributed by atoms with van der Waals surface area (Å²) < 4.78 is 10.4. The Morgan fingerprint density at radius 1 is 1.35 bits per heavy atom. The Morgan fingerprint density at radius 3 is 2.80 bits per heavy atom. The van der Waals surface area contributed by atoms with Crippen molar-refractivity contribution in [1.29, 1.82) is 0 Å². The number of nitrogens with one attached hydrogen (secondary N) is 1. The van der Waals surface area contributed by atoms with E-state index in [-0.39, 0.29) is 5.91 Å². The summed E-state index contributed by atoms with van der Waals surface area (Å²) >= 11 is 0. The van der Waals surface area contributed by atoms with Gasteiger partial charge in [0.1, 0.15) is 6.10 Å². The zero-order chi connectivity index (χ0) is 14.8. The van der Waals surface area contributed by atoms with E-state index in [1.54, 1.807) is 14.0 Å². The number of nitrogen functional groups attached to an aromatic ring is 1. The highest BCUT2D eigenvalue weighted by atomic mass is 16.5. The molecule has 0 heterocycles. The number of carbonyl (C=O) groups excluding carboxylic acids is 1. The predicted molar refractivity (Wildman–Crippen MR) is 79.5 cm³/mol. The highest BCUT2D eigenvalue weighted by Crippen LogP contribution is 2.11. The average Bonchev–Trinajstić information content (AvgIpc) is 2.45. The normalized spacial score (nSPS) is 12.1. The van der Waals surface area contributed by atoms with Crippen LogP contribution in [0.2, 0.25) is 0 Å². The third-order valence-corrected chi connectivity index (χ3v) is 2.99. The molecule has 1 rings (SSSR count). The first-order chi connectivity index (χ1) is 9.65. The van der Waals surface area contributed by atoms with Crippen LogP contribution in [0.1, 0.15) is 18.9 Å². The first-order valence-corrected chi connectivity index (χ1v) is 6.86. The molecule has 0 aliphatic carbocycles. The monoisotopic (exact) mass is 280 g/mol. The molecule has 0 bridgehead atoms. The maximum absolute atomic E-state index is 11.7. The second kappa shape index (κ2) is 9.34. The molecule has 0 spiro atoms. The van der Waals surface area contributed by atoms with Crippen molar-refractivity contribution in [1.82, 2.24) is 5.32 Å². The Hall–Kier alpha value is -1.59. The molecule has 5 nitrogen and oxygen atoms in total. The molecule has 0 saturated carbocycles. The zero-order valence-electron chi connectivity index (χ0n) is 12.2. The first-order valence-electron chi connectivity index (χ1n) is 6.86. The van der Waals surface area contributed by atoms with Gasteiger partial charge < -0.3 is 20.5 Å². The van der Waals surface area contributed by atoms with Gasteiger partial charge in [-0.25, -0.2) is 0 Å². The lowest BCUT2D eigenvalue weighted by Gasteiger charge is -2.13. The van der Waals surface area contributed by atoms with Crippen molar-refractivity contribution >= 4 is 11.6 Å². The molecule has 1 atom stereocenters. The summed E-state index contributed by atoms with van der Waals surface area (Å²) in [4.78, 5) is 11.7. The largest absolute Gasteiger partial charge is 0.399 e. The number of para-hydroxylation sites is 1. The molecule has 3 N–H and O–H groups in total. The van der Waals surface area contributed by atoms with Crippen molar-refractivity contribution in [3.05, 3.63) is 29.8 Å². The number of hydrogen-bond acceptors (Lipinski definition) is 4. The van der Waals surface area contributed by atoms with Crippen LogP contribution in [0.5, 0.6) is 0 Å². The average molecular weight is 280 g/mol. The standard InChI is InChI=1S/C15H24N2O3/c1-12(15(18)17-9-5-10-19-2)20-11-8-13-6-3-4-7-14(13)16/h3-4,6-7,12H,5,8-11,16H2,1-2H3,(H,17,18). The summed E-state index contributed by atoms with van der Waals surface area (Å²) in [6.07, 6.45) is 1.05. The Labute approximate surface area is 120 Å². The number of methoxy groups -OCH3 is 1. The molecule has 0 aromatic heterocycles. The van der Waals surface area contributed by atoms with E-state index in [1.807, 2.05) is 24.3 Å². The fourth-order valence-electron chi connectivity index (χ4n) is 1.76. The van der Waals surface area contributed by atoms with Gasteiger partial charge in [0.15, 0.2) is 0 Å². The molecule has 0 saturated heterocycles. The van der Waals surface area contributed by atoms with Gasteiger partial charge in [-0.1, -0.05) is 18.2 Å². The number of ether oxygens (including phenoxy) is 2. The maximum Gasteiger partial charge on any atom is 0.248 e. The first kappa shape index (κ1) is 16.5. The van der Waals surface area contributed by atoms with Crippen molar-refractivity contribution < 1.29 is 14.3 Å². The molecule has 1 unspecified atom stereocenters. The third kappa shape index (κ3) is 6.04. The predicted octanol–water partition coefficient (Wildman–Crippen LogP) is 1.37. The van der Waals surface area contributed by atoms with Crippen LogP contribution < -0.4 is 11.1 Å². The van der Waals surface area contributed by atoms with Gasteiger partial charge in [0.2, 0.25) is 5.91 Å². The van der Waals surface area contributed by atoms with Crippen molar-refractivity contribution in [3.8, 4) is 0 Å². The lowest BCUT2D eigenvalue weighted by Crippen LogP contribution is -2.35. The quantitative estimate of drug-likeness (QED) is 0.529. The highest BCUT2D eigenvalue weighted by molar-refractivity contribution is 5.80. The summed E-state index contributed by atoms with van der Waals surface area (Å²) in [6.45, 7) is 3.47. The molecular formula is C15H24N2O3. The van der Waals surface area contributed by atoms with Crippen LogP contribution in [0.25, 0.3) is 0 Å². The van der Waals surface area contributed by atoms with E-state index in [2.05, 4.69) is 5.32 Å². The molecule has 0 aliphatic rings. The third-order valence-electron chi connectivity index (χ3n) is 2.99. The van der Waals surface area contributed by atoms with E-state index < -0.39 is 6.10 Å². The van der Waals surface area contributed by atoms with Crippen LogP contribution in [0.15, 0.2) is 24.3 Å². The molecule has 0 fully saturated rings. The maximum atomic E-state index is 11.7. The molecule has 20 heavy (non-hydrogen) atoms. The Bertz CT molecular complexity index is 410. The van der Waals surface area contributed by atoms with Gasteiger partial charge >= 0.3 is 0 Å². The van der Waals surface area contributed by atoms with E-state index in [4.69, 9.17) is 15.2 Å². The number of carbonyl (C=O) groups is 1. The molecule has 1 amide bonds. The van der Waals surface area contributed by atoms with Crippen LogP contribution in [0.3, 0.4) is 0 Å². The summed E-state index contributed by atoms with van der Waals surface area (Å²) in [5.41, 5.74) is 7.64. The number of rotatable bonds is 9. The van der Waals surface area contributed by atoms with Crippen molar-refractivity contribution in [2.45, 2.75) is 25.9 Å². The Balaban J connectivity index is 2.20. The van der Waals surface area contributed by atoms with Gasteiger partial charge in [-0.3, -0.25) is 4.79 Å². The minimum Gasteiger partial charge on any atom is -0.399 e. The van der Waals surface area contributed by atoms with E-state index in [0.29, 0.717) is 26.2 Å². The number of anilines is 1. The molecule has 112 valence electrons. The molecule has 1 aromatic carbocycles.